The van der Waals surface area contributed by atoms with Gasteiger partial charge in [0, 0.05) is 30.3 Å². The van der Waals surface area contributed by atoms with Crippen LogP contribution in [0.3, 0.4) is 0 Å². The molecule has 0 aliphatic carbocycles. The standard InChI is InChI=1S/C10H15BrN2O2S/c1-10(2,8-11)13(3)16(14,15)9-5-4-6-12-7-9/h4-7H,8H2,1-3H3. The van der Waals surface area contributed by atoms with E-state index in [0.717, 1.165) is 0 Å². The van der Waals surface area contributed by atoms with Gasteiger partial charge < -0.3 is 0 Å². The summed E-state index contributed by atoms with van der Waals surface area (Å²) in [5.41, 5.74) is -0.478. The van der Waals surface area contributed by atoms with E-state index in [0.29, 0.717) is 5.33 Å². The van der Waals surface area contributed by atoms with E-state index in [1.807, 2.05) is 13.8 Å². The third kappa shape index (κ3) is 2.61. The predicted octanol–water partition coefficient (Wildman–Crippen LogP) is 1.88. The van der Waals surface area contributed by atoms with Gasteiger partial charge in [0.25, 0.3) is 0 Å². The van der Waals surface area contributed by atoms with Crippen LogP contribution in [-0.2, 0) is 10.0 Å². The van der Waals surface area contributed by atoms with Gasteiger partial charge in [-0.25, -0.2) is 8.42 Å². The average molecular weight is 307 g/mol. The van der Waals surface area contributed by atoms with Gasteiger partial charge in [0.15, 0.2) is 0 Å². The maximum Gasteiger partial charge on any atom is 0.244 e. The lowest BCUT2D eigenvalue weighted by atomic mass is 10.1. The zero-order chi connectivity index (χ0) is 12.4. The quantitative estimate of drug-likeness (QED) is 0.798. The molecule has 1 aromatic rings. The van der Waals surface area contributed by atoms with Crippen LogP contribution in [0.1, 0.15) is 13.8 Å². The lowest BCUT2D eigenvalue weighted by molar-refractivity contribution is 0.299. The summed E-state index contributed by atoms with van der Waals surface area (Å²) in [6.07, 6.45) is 2.91. The largest absolute Gasteiger partial charge is 0.263 e. The zero-order valence-corrected chi connectivity index (χ0v) is 11.9. The lowest BCUT2D eigenvalue weighted by Gasteiger charge is -2.32. The Morgan fingerprint density at radius 2 is 2.12 bits per heavy atom. The Hall–Kier alpha value is -0.460. The molecule has 0 aliphatic heterocycles. The maximum atomic E-state index is 12.2. The minimum absolute atomic E-state index is 0.214. The van der Waals surface area contributed by atoms with Crippen molar-refractivity contribution in [1.82, 2.24) is 9.29 Å². The molecule has 4 nitrogen and oxygen atoms in total. The first kappa shape index (κ1) is 13.6. The number of rotatable bonds is 4. The molecule has 6 heteroatoms. The molecular formula is C10H15BrN2O2S. The number of nitrogens with zero attached hydrogens (tertiary/aromatic N) is 2. The monoisotopic (exact) mass is 306 g/mol. The Morgan fingerprint density at radius 1 is 1.50 bits per heavy atom. The fraction of sp³-hybridized carbons (Fsp3) is 0.500. The number of aromatic nitrogens is 1. The molecule has 16 heavy (non-hydrogen) atoms. The van der Waals surface area contributed by atoms with E-state index in [-0.39, 0.29) is 4.90 Å². The minimum Gasteiger partial charge on any atom is -0.263 e. The summed E-state index contributed by atoms with van der Waals surface area (Å²) in [7, 11) is -1.89. The third-order valence-electron chi connectivity index (χ3n) is 2.47. The van der Waals surface area contributed by atoms with Crippen LogP contribution in [0.4, 0.5) is 0 Å². The van der Waals surface area contributed by atoms with Gasteiger partial charge in [-0.05, 0) is 26.0 Å². The van der Waals surface area contributed by atoms with Gasteiger partial charge in [0.1, 0.15) is 4.90 Å². The Bertz CT molecular complexity index is 445. The van der Waals surface area contributed by atoms with Gasteiger partial charge in [-0.2, -0.15) is 4.31 Å². The summed E-state index contributed by atoms with van der Waals surface area (Å²) in [5.74, 6) is 0. The first-order valence-corrected chi connectivity index (χ1v) is 7.33. The zero-order valence-electron chi connectivity index (χ0n) is 9.51. The van der Waals surface area contributed by atoms with Gasteiger partial charge in [0.2, 0.25) is 10.0 Å². The highest BCUT2D eigenvalue weighted by Gasteiger charge is 2.33. The summed E-state index contributed by atoms with van der Waals surface area (Å²) in [4.78, 5) is 4.04. The SMILES string of the molecule is CN(C(C)(C)CBr)S(=O)(=O)c1cccnc1. The number of hydrogen-bond acceptors (Lipinski definition) is 3. The van der Waals surface area contributed by atoms with Gasteiger partial charge >= 0.3 is 0 Å². The van der Waals surface area contributed by atoms with Crippen molar-refractivity contribution in [2.75, 3.05) is 12.4 Å². The molecule has 0 spiro atoms. The molecule has 1 rings (SSSR count). The Kier molecular flexibility index (Phi) is 4.09. The van der Waals surface area contributed by atoms with Crippen molar-refractivity contribution in [2.45, 2.75) is 24.3 Å². The Balaban J connectivity index is 3.14. The van der Waals surface area contributed by atoms with Gasteiger partial charge in [-0.1, -0.05) is 15.9 Å². The highest BCUT2D eigenvalue weighted by molar-refractivity contribution is 9.09. The summed E-state index contributed by atoms with van der Waals surface area (Å²) < 4.78 is 25.8. The number of pyridine rings is 1. The van der Waals surface area contributed by atoms with Crippen LogP contribution in [0.5, 0.6) is 0 Å². The van der Waals surface area contributed by atoms with Crippen LogP contribution in [0.2, 0.25) is 0 Å². The van der Waals surface area contributed by atoms with Crippen molar-refractivity contribution in [3.05, 3.63) is 24.5 Å². The maximum absolute atomic E-state index is 12.2. The van der Waals surface area contributed by atoms with E-state index in [4.69, 9.17) is 0 Å². The van der Waals surface area contributed by atoms with E-state index >= 15 is 0 Å². The molecule has 0 N–H and O–H groups in total. The molecule has 0 fully saturated rings. The van der Waals surface area contributed by atoms with E-state index < -0.39 is 15.6 Å². The molecule has 0 aliphatic rings. The highest BCUT2D eigenvalue weighted by atomic mass is 79.9. The summed E-state index contributed by atoms with van der Waals surface area (Å²) in [6.45, 7) is 3.71. The molecule has 0 atom stereocenters. The summed E-state index contributed by atoms with van der Waals surface area (Å²) in [5, 5.41) is 0.565. The predicted molar refractivity (Wildman–Crippen MR) is 67.1 cm³/mol. The van der Waals surface area contributed by atoms with Crippen LogP contribution < -0.4 is 0 Å². The average Bonchev–Trinajstić information content (AvgIpc) is 2.29. The molecule has 1 heterocycles. The van der Waals surface area contributed by atoms with Gasteiger partial charge in [-0.15, -0.1) is 0 Å². The number of hydrogen-bond donors (Lipinski definition) is 0. The van der Waals surface area contributed by atoms with Crippen LogP contribution in [0.25, 0.3) is 0 Å². The number of sulfonamides is 1. The molecule has 0 amide bonds. The lowest BCUT2D eigenvalue weighted by Crippen LogP contribution is -2.46. The fourth-order valence-corrected chi connectivity index (χ4v) is 3.09. The van der Waals surface area contributed by atoms with Gasteiger partial charge in [-0.3, -0.25) is 4.98 Å². The summed E-state index contributed by atoms with van der Waals surface area (Å²) >= 11 is 3.31. The molecule has 0 bridgehead atoms. The molecule has 0 radical (unpaired) electrons. The van der Waals surface area contributed by atoms with Crippen LogP contribution in [0, 0.1) is 0 Å². The first-order chi connectivity index (χ1) is 7.32. The second-order valence-corrected chi connectivity index (χ2v) is 6.64. The van der Waals surface area contributed by atoms with Crippen molar-refractivity contribution in [3.8, 4) is 0 Å². The summed E-state index contributed by atoms with van der Waals surface area (Å²) in [6, 6.07) is 3.16. The molecule has 0 unspecified atom stereocenters. The van der Waals surface area contributed by atoms with E-state index in [9.17, 15) is 8.42 Å². The molecule has 0 aromatic carbocycles. The highest BCUT2D eigenvalue weighted by Crippen LogP contribution is 2.23. The van der Waals surface area contributed by atoms with Crippen molar-refractivity contribution in [1.29, 1.82) is 0 Å². The number of halogens is 1. The smallest absolute Gasteiger partial charge is 0.244 e. The Morgan fingerprint density at radius 3 is 2.56 bits per heavy atom. The number of alkyl halides is 1. The molecule has 90 valence electrons. The molecular weight excluding hydrogens is 292 g/mol. The fourth-order valence-electron chi connectivity index (χ4n) is 1.07. The second-order valence-electron chi connectivity index (χ2n) is 4.11. The second kappa shape index (κ2) is 4.81. The van der Waals surface area contributed by atoms with Gasteiger partial charge in [0.05, 0.1) is 0 Å². The van der Waals surface area contributed by atoms with Crippen LogP contribution >= 0.6 is 15.9 Å². The van der Waals surface area contributed by atoms with Crippen LogP contribution in [0.15, 0.2) is 29.4 Å². The normalized spacial score (nSPS) is 13.1. The Labute approximate surface area is 105 Å². The topological polar surface area (TPSA) is 50.3 Å². The van der Waals surface area contributed by atoms with Crippen molar-refractivity contribution in [3.63, 3.8) is 0 Å². The van der Waals surface area contributed by atoms with Crippen molar-refractivity contribution in [2.24, 2.45) is 0 Å². The van der Waals surface area contributed by atoms with E-state index in [2.05, 4.69) is 20.9 Å². The first-order valence-electron chi connectivity index (χ1n) is 4.77. The molecule has 0 saturated carbocycles. The van der Waals surface area contributed by atoms with Crippen molar-refractivity contribution >= 4 is 26.0 Å². The molecule has 0 saturated heterocycles. The van der Waals surface area contributed by atoms with Crippen LogP contribution in [-0.4, -0.2) is 35.6 Å². The van der Waals surface area contributed by atoms with E-state index in [1.54, 1.807) is 25.4 Å². The minimum atomic E-state index is -3.47. The van der Waals surface area contributed by atoms with E-state index in [1.165, 1.54) is 10.5 Å². The third-order valence-corrected chi connectivity index (χ3v) is 5.90. The molecule has 1 aromatic heterocycles. The van der Waals surface area contributed by atoms with Crippen molar-refractivity contribution < 1.29 is 8.42 Å².